The molecule has 0 aromatic rings. The summed E-state index contributed by atoms with van der Waals surface area (Å²) in [6.07, 6.45) is 7.53. The largest absolute Gasteiger partial charge is 1.00 e. The van der Waals surface area contributed by atoms with Crippen molar-refractivity contribution < 1.29 is 78.4 Å². The summed E-state index contributed by atoms with van der Waals surface area (Å²) in [4.78, 5) is 12.5. The topological polar surface area (TPSA) is 104 Å². The van der Waals surface area contributed by atoms with Gasteiger partial charge in [-0.05, 0) is 62.7 Å². The molecule has 3 fully saturated rings. The van der Waals surface area contributed by atoms with E-state index in [1.165, 1.54) is 0 Å². The maximum absolute atomic E-state index is 12.5. The van der Waals surface area contributed by atoms with Crippen LogP contribution in [0.25, 0.3) is 0 Å². The normalized spacial score (nSPS) is 43.8. The molecule has 3 saturated carbocycles. The average molecular weight is 423 g/mol. The minimum atomic E-state index is -4.76. The van der Waals surface area contributed by atoms with E-state index in [1.807, 2.05) is 0 Å². The molecule has 0 aromatic heterocycles. The van der Waals surface area contributed by atoms with Gasteiger partial charge in [0.2, 0.25) is 10.4 Å². The van der Waals surface area contributed by atoms with E-state index < -0.39 is 21.9 Å². The third-order valence-corrected chi connectivity index (χ3v) is 8.38. The smallest absolute Gasteiger partial charge is 0.726 e. The molecular weight excluding hydrogens is 395 g/mol. The number of hydrogen-bond donors (Lipinski definition) is 1. The van der Waals surface area contributed by atoms with Crippen molar-refractivity contribution in [3.05, 3.63) is 11.6 Å². The summed E-state index contributed by atoms with van der Waals surface area (Å²) in [6.45, 7) is 1.97. The summed E-state index contributed by atoms with van der Waals surface area (Å²) >= 11 is 0. The minimum Gasteiger partial charge on any atom is -0.726 e. The average Bonchev–Trinajstić information content (AvgIpc) is 2.88. The maximum Gasteiger partial charge on any atom is 1.00 e. The molecule has 27 heavy (non-hydrogen) atoms. The van der Waals surface area contributed by atoms with Crippen LogP contribution in [-0.4, -0.2) is 36.6 Å². The first-order chi connectivity index (χ1) is 12.2. The van der Waals surface area contributed by atoms with Gasteiger partial charge in [-0.2, -0.15) is 0 Å². The van der Waals surface area contributed by atoms with E-state index in [0.29, 0.717) is 43.3 Å². The van der Waals surface area contributed by atoms with E-state index >= 15 is 0 Å². The second-order valence-electron chi connectivity index (χ2n) is 8.98. The Bertz CT molecular complexity index is 749. The molecule has 0 radical (unpaired) electrons. The molecule has 0 spiro atoms. The van der Waals surface area contributed by atoms with Gasteiger partial charge in [0.25, 0.3) is 0 Å². The minimum absolute atomic E-state index is 0. The van der Waals surface area contributed by atoms with Gasteiger partial charge in [-0.1, -0.05) is 18.6 Å². The molecule has 0 unspecified atom stereocenters. The predicted molar refractivity (Wildman–Crippen MR) is 92.7 cm³/mol. The van der Waals surface area contributed by atoms with Crippen LogP contribution in [0.1, 0.15) is 58.3 Å². The van der Waals surface area contributed by atoms with Crippen LogP contribution in [-0.2, 0) is 19.4 Å². The summed E-state index contributed by atoms with van der Waals surface area (Å²) in [5, 5.41) is 10.1. The fraction of sp³-hybridized carbons (Fsp3) is 0.842. The van der Waals surface area contributed by atoms with Crippen molar-refractivity contribution >= 4 is 16.2 Å². The molecule has 0 bridgehead atoms. The Balaban J connectivity index is 0.00000210. The number of fused-ring (bicyclic) bond motifs is 5. The number of carbonyl (C=O) groups is 1. The third kappa shape index (κ3) is 3.83. The number of ketones is 1. The summed E-state index contributed by atoms with van der Waals surface area (Å²) in [5.74, 6) is 1.21. The number of allylic oxidation sites excluding steroid dienone is 1. The Hall–Kier alpha value is 0.876. The monoisotopic (exact) mass is 422 g/mol. The van der Waals surface area contributed by atoms with E-state index in [1.54, 1.807) is 0 Å². The van der Waals surface area contributed by atoms with Crippen LogP contribution in [0.2, 0.25) is 0 Å². The molecule has 0 aliphatic heterocycles. The van der Waals surface area contributed by atoms with Crippen LogP contribution in [0.15, 0.2) is 11.6 Å². The number of rotatable bonds is 3. The second-order valence-corrected chi connectivity index (χ2v) is 10.0. The van der Waals surface area contributed by atoms with E-state index in [2.05, 4.69) is 13.0 Å². The van der Waals surface area contributed by atoms with E-state index in [4.69, 9.17) is 4.18 Å². The molecule has 0 aromatic carbocycles. The maximum atomic E-state index is 12.5. The quantitative estimate of drug-likeness (QED) is 0.280. The number of hydrogen-bond acceptors (Lipinski definition) is 6. The van der Waals surface area contributed by atoms with Crippen LogP contribution < -0.4 is 51.4 Å². The van der Waals surface area contributed by atoms with Gasteiger partial charge >= 0.3 is 51.4 Å². The Labute approximate surface area is 203 Å². The standard InChI is InChI=1S/C19H28O6S.K/c1-18-8-7-16-14(15(18)4-5-17(18)21)3-2-12-10-13(20)6-9-19(12,16)11-25-26(22,23)24;/h2,13-16,20H,3-11H2,1H3,(H,22,23,24);/q;+1/p-1/t13-,14-,15-,16-,18-,19+;/m0./s1. The van der Waals surface area contributed by atoms with E-state index in [9.17, 15) is 22.9 Å². The fourth-order valence-electron chi connectivity index (χ4n) is 6.65. The van der Waals surface area contributed by atoms with Crippen LogP contribution in [0.3, 0.4) is 0 Å². The van der Waals surface area contributed by atoms with Crippen molar-refractivity contribution in [1.29, 1.82) is 0 Å². The van der Waals surface area contributed by atoms with Crippen LogP contribution in [0.5, 0.6) is 0 Å². The Morgan fingerprint density at radius 3 is 2.70 bits per heavy atom. The number of aliphatic hydroxyl groups is 1. The molecule has 6 atom stereocenters. The molecule has 0 saturated heterocycles. The summed E-state index contributed by atoms with van der Waals surface area (Å²) < 4.78 is 38.3. The number of carbonyl (C=O) groups excluding carboxylic acids is 1. The van der Waals surface area contributed by atoms with Gasteiger partial charge in [0.05, 0.1) is 12.7 Å². The molecule has 4 rings (SSSR count). The van der Waals surface area contributed by atoms with Crippen molar-refractivity contribution in [3.8, 4) is 0 Å². The van der Waals surface area contributed by atoms with Crippen LogP contribution >= 0.6 is 0 Å². The zero-order chi connectivity index (χ0) is 18.7. The number of aliphatic hydroxyl groups excluding tert-OH is 1. The van der Waals surface area contributed by atoms with Gasteiger partial charge in [0, 0.05) is 17.3 Å². The first-order valence-electron chi connectivity index (χ1n) is 9.67. The molecule has 6 nitrogen and oxygen atoms in total. The fourth-order valence-corrected chi connectivity index (χ4v) is 7.01. The summed E-state index contributed by atoms with van der Waals surface area (Å²) in [7, 11) is -4.76. The first kappa shape index (κ1) is 22.6. The van der Waals surface area contributed by atoms with Crippen molar-refractivity contribution in [2.45, 2.75) is 64.4 Å². The Morgan fingerprint density at radius 2 is 2.00 bits per heavy atom. The van der Waals surface area contributed by atoms with Crippen LogP contribution in [0, 0.1) is 28.6 Å². The van der Waals surface area contributed by atoms with Crippen molar-refractivity contribution in [2.75, 3.05) is 6.61 Å². The summed E-state index contributed by atoms with van der Waals surface area (Å²) in [6, 6.07) is 0. The van der Waals surface area contributed by atoms with Gasteiger partial charge < -0.3 is 9.66 Å². The van der Waals surface area contributed by atoms with E-state index in [0.717, 1.165) is 31.3 Å². The third-order valence-electron chi connectivity index (χ3n) is 7.97. The Morgan fingerprint density at radius 1 is 1.26 bits per heavy atom. The molecule has 0 heterocycles. The van der Waals surface area contributed by atoms with Gasteiger partial charge in [-0.25, -0.2) is 8.42 Å². The molecule has 4 aliphatic rings. The molecule has 0 amide bonds. The van der Waals surface area contributed by atoms with Gasteiger partial charge in [0.15, 0.2) is 0 Å². The Kier molecular flexibility index (Phi) is 6.56. The molecular formula is C19H27KO6S. The zero-order valence-corrected chi connectivity index (χ0v) is 20.1. The number of Topliss-reactive ketones (excluding diaryl/α,β-unsaturated/α-hetero) is 1. The van der Waals surface area contributed by atoms with Gasteiger partial charge in [-0.15, -0.1) is 0 Å². The van der Waals surface area contributed by atoms with Crippen molar-refractivity contribution in [2.24, 2.45) is 28.6 Å². The molecule has 8 heteroatoms. The van der Waals surface area contributed by atoms with E-state index in [-0.39, 0.29) is 69.3 Å². The van der Waals surface area contributed by atoms with Crippen molar-refractivity contribution in [3.63, 3.8) is 0 Å². The predicted octanol–water partition coefficient (Wildman–Crippen LogP) is -0.660. The van der Waals surface area contributed by atoms with Crippen LogP contribution in [0.4, 0.5) is 0 Å². The van der Waals surface area contributed by atoms with Crippen molar-refractivity contribution in [1.82, 2.24) is 0 Å². The second kappa shape index (κ2) is 7.85. The van der Waals surface area contributed by atoms with Gasteiger partial charge in [0.1, 0.15) is 5.78 Å². The van der Waals surface area contributed by atoms with Gasteiger partial charge in [-0.3, -0.25) is 8.98 Å². The molecule has 1 N–H and O–H groups in total. The molecule has 4 aliphatic carbocycles. The first-order valence-corrected chi connectivity index (χ1v) is 11.0. The SMILES string of the molecule is C[C@]12CC[C@H]3[C@@H](CC=C4C[C@@H](O)CC[C@@]43COS(=O)(=O)[O-])[C@@H]1CCC2=O.[K+]. The zero-order valence-electron chi connectivity index (χ0n) is 16.1. The summed E-state index contributed by atoms with van der Waals surface area (Å²) in [5.41, 5.74) is 0.300. The molecule has 146 valence electrons.